The summed E-state index contributed by atoms with van der Waals surface area (Å²) in [5, 5.41) is 3.50. The van der Waals surface area contributed by atoms with Gasteiger partial charge in [-0.2, -0.15) is 0 Å². The maximum absolute atomic E-state index is 5.83. The van der Waals surface area contributed by atoms with Crippen molar-refractivity contribution in [2.45, 2.75) is 26.0 Å². The highest BCUT2D eigenvalue weighted by Gasteiger charge is 2.23. The summed E-state index contributed by atoms with van der Waals surface area (Å²) in [7, 11) is 0. The normalized spacial score (nSPS) is 16.3. The molecule has 1 atom stereocenters. The molecule has 0 saturated heterocycles. The summed E-state index contributed by atoms with van der Waals surface area (Å²) in [6.07, 6.45) is 1.13. The van der Waals surface area contributed by atoms with Crippen LogP contribution in [0.2, 0.25) is 0 Å². The molecule has 2 aromatic carbocycles. The van der Waals surface area contributed by atoms with E-state index in [0.29, 0.717) is 19.3 Å². The molecule has 0 spiro atoms. The molecule has 0 fully saturated rings. The smallest absolute Gasteiger partial charge is 0.128 e. The first-order valence-electron chi connectivity index (χ1n) is 7.53. The van der Waals surface area contributed by atoms with Gasteiger partial charge >= 0.3 is 0 Å². The second kappa shape index (κ2) is 6.64. The van der Waals surface area contributed by atoms with E-state index in [1.165, 1.54) is 11.1 Å². The molecule has 1 heterocycles. The number of nitrogens with one attached hydrogen (secondary N) is 1. The number of hydrogen-bond donors (Lipinski definition) is 1. The molecular formula is C18H21NO2. The van der Waals surface area contributed by atoms with Crippen LogP contribution < -0.4 is 14.8 Å². The molecule has 1 aliphatic rings. The van der Waals surface area contributed by atoms with E-state index in [4.69, 9.17) is 9.47 Å². The predicted molar refractivity (Wildman–Crippen MR) is 83.7 cm³/mol. The molecule has 1 N–H and O–H groups in total. The predicted octanol–water partition coefficient (Wildman–Crippen LogP) is 3.70. The number of hydrogen-bond acceptors (Lipinski definition) is 3. The zero-order valence-electron chi connectivity index (χ0n) is 12.3. The number of fused-ring (bicyclic) bond motifs is 1. The van der Waals surface area contributed by atoms with Crippen LogP contribution in [0.5, 0.6) is 11.5 Å². The lowest BCUT2D eigenvalue weighted by Crippen LogP contribution is -2.22. The summed E-state index contributed by atoms with van der Waals surface area (Å²) in [5.41, 5.74) is 2.40. The van der Waals surface area contributed by atoms with Crippen LogP contribution in [0.25, 0.3) is 0 Å². The van der Waals surface area contributed by atoms with E-state index < -0.39 is 0 Å². The Labute approximate surface area is 125 Å². The Morgan fingerprint density at radius 1 is 1.19 bits per heavy atom. The minimum absolute atomic E-state index is 0.308. The van der Waals surface area contributed by atoms with Gasteiger partial charge in [0.25, 0.3) is 0 Å². The Balaban J connectivity index is 1.64. The summed E-state index contributed by atoms with van der Waals surface area (Å²) in [6.45, 7) is 4.47. The summed E-state index contributed by atoms with van der Waals surface area (Å²) in [4.78, 5) is 0. The van der Waals surface area contributed by atoms with Crippen molar-refractivity contribution in [3.8, 4) is 11.5 Å². The van der Waals surface area contributed by atoms with Gasteiger partial charge in [-0.1, -0.05) is 37.3 Å². The van der Waals surface area contributed by atoms with Crippen LogP contribution in [0, 0.1) is 0 Å². The van der Waals surface area contributed by atoms with Crippen molar-refractivity contribution in [3.05, 3.63) is 59.7 Å². The molecule has 2 aromatic rings. The SMILES string of the molecule is CCCNC1COc2cc(OCc3ccccc3)ccc21. The van der Waals surface area contributed by atoms with E-state index in [0.717, 1.165) is 24.5 Å². The molecule has 0 aromatic heterocycles. The third-order valence-corrected chi connectivity index (χ3v) is 3.66. The average Bonchev–Trinajstić information content (AvgIpc) is 2.94. The Morgan fingerprint density at radius 2 is 2.05 bits per heavy atom. The topological polar surface area (TPSA) is 30.5 Å². The Kier molecular flexibility index (Phi) is 4.41. The maximum atomic E-state index is 5.83. The highest BCUT2D eigenvalue weighted by Crippen LogP contribution is 2.35. The largest absolute Gasteiger partial charge is 0.491 e. The quantitative estimate of drug-likeness (QED) is 0.877. The standard InChI is InChI=1S/C18H21NO2/c1-2-10-19-17-13-21-18-11-15(8-9-16(17)18)20-12-14-6-4-3-5-7-14/h3-9,11,17,19H,2,10,12-13H2,1H3. The Morgan fingerprint density at radius 3 is 2.86 bits per heavy atom. The zero-order chi connectivity index (χ0) is 14.5. The number of ether oxygens (including phenoxy) is 2. The van der Waals surface area contributed by atoms with Gasteiger partial charge in [-0.05, 0) is 30.7 Å². The molecule has 3 nitrogen and oxygen atoms in total. The van der Waals surface area contributed by atoms with Crippen LogP contribution in [0.4, 0.5) is 0 Å². The molecule has 0 bridgehead atoms. The molecule has 0 saturated carbocycles. The van der Waals surface area contributed by atoms with Crippen molar-refractivity contribution < 1.29 is 9.47 Å². The number of benzene rings is 2. The van der Waals surface area contributed by atoms with Gasteiger partial charge in [-0.25, -0.2) is 0 Å². The van der Waals surface area contributed by atoms with Crippen molar-refractivity contribution in [1.82, 2.24) is 5.32 Å². The first kappa shape index (κ1) is 14.0. The molecule has 1 aliphatic heterocycles. The second-order valence-electron chi connectivity index (χ2n) is 5.29. The maximum Gasteiger partial charge on any atom is 0.128 e. The van der Waals surface area contributed by atoms with Crippen LogP contribution in [0.3, 0.4) is 0 Å². The minimum Gasteiger partial charge on any atom is -0.491 e. The molecule has 0 aliphatic carbocycles. The zero-order valence-corrected chi connectivity index (χ0v) is 12.3. The summed E-state index contributed by atoms with van der Waals surface area (Å²) in [5.74, 6) is 1.79. The van der Waals surface area contributed by atoms with E-state index in [-0.39, 0.29) is 0 Å². The first-order valence-corrected chi connectivity index (χ1v) is 7.53. The van der Waals surface area contributed by atoms with Gasteiger partial charge in [0.1, 0.15) is 24.7 Å². The Hall–Kier alpha value is -2.00. The van der Waals surface area contributed by atoms with Crippen molar-refractivity contribution in [3.63, 3.8) is 0 Å². The molecular weight excluding hydrogens is 262 g/mol. The van der Waals surface area contributed by atoms with Crippen LogP contribution >= 0.6 is 0 Å². The highest BCUT2D eigenvalue weighted by molar-refractivity contribution is 5.45. The van der Waals surface area contributed by atoms with E-state index >= 15 is 0 Å². The van der Waals surface area contributed by atoms with Crippen molar-refractivity contribution in [2.24, 2.45) is 0 Å². The molecule has 3 heteroatoms. The van der Waals surface area contributed by atoms with E-state index in [2.05, 4.69) is 30.4 Å². The van der Waals surface area contributed by atoms with Crippen LogP contribution in [0.1, 0.15) is 30.5 Å². The van der Waals surface area contributed by atoms with Gasteiger partial charge in [0.05, 0.1) is 6.04 Å². The lowest BCUT2D eigenvalue weighted by molar-refractivity contribution is 0.297. The van der Waals surface area contributed by atoms with Crippen molar-refractivity contribution in [2.75, 3.05) is 13.2 Å². The van der Waals surface area contributed by atoms with Gasteiger partial charge < -0.3 is 14.8 Å². The lowest BCUT2D eigenvalue weighted by atomic mass is 10.1. The van der Waals surface area contributed by atoms with Crippen molar-refractivity contribution in [1.29, 1.82) is 0 Å². The van der Waals surface area contributed by atoms with E-state index in [1.54, 1.807) is 0 Å². The summed E-state index contributed by atoms with van der Waals surface area (Å²) >= 11 is 0. The van der Waals surface area contributed by atoms with Gasteiger partial charge in [0.2, 0.25) is 0 Å². The first-order chi connectivity index (χ1) is 10.4. The molecule has 3 rings (SSSR count). The summed E-state index contributed by atoms with van der Waals surface area (Å²) in [6, 6.07) is 16.6. The fourth-order valence-corrected chi connectivity index (χ4v) is 2.51. The van der Waals surface area contributed by atoms with Gasteiger partial charge in [0.15, 0.2) is 0 Å². The third kappa shape index (κ3) is 3.37. The van der Waals surface area contributed by atoms with Gasteiger partial charge in [-0.15, -0.1) is 0 Å². The fraction of sp³-hybridized carbons (Fsp3) is 0.333. The molecule has 0 radical (unpaired) electrons. The number of rotatable bonds is 6. The van der Waals surface area contributed by atoms with Gasteiger partial charge in [0, 0.05) is 11.6 Å². The average molecular weight is 283 g/mol. The van der Waals surface area contributed by atoms with E-state index in [1.807, 2.05) is 30.3 Å². The monoisotopic (exact) mass is 283 g/mol. The van der Waals surface area contributed by atoms with Crippen LogP contribution in [0.15, 0.2) is 48.5 Å². The van der Waals surface area contributed by atoms with Gasteiger partial charge in [-0.3, -0.25) is 0 Å². The highest BCUT2D eigenvalue weighted by atomic mass is 16.5. The second-order valence-corrected chi connectivity index (χ2v) is 5.29. The lowest BCUT2D eigenvalue weighted by Gasteiger charge is -2.11. The fourth-order valence-electron chi connectivity index (χ4n) is 2.51. The molecule has 1 unspecified atom stereocenters. The summed E-state index contributed by atoms with van der Waals surface area (Å²) < 4.78 is 11.6. The van der Waals surface area contributed by atoms with Crippen LogP contribution in [-0.2, 0) is 6.61 Å². The van der Waals surface area contributed by atoms with E-state index in [9.17, 15) is 0 Å². The Bertz CT molecular complexity index is 583. The molecule has 110 valence electrons. The minimum atomic E-state index is 0.308. The third-order valence-electron chi connectivity index (χ3n) is 3.66. The molecule has 0 amide bonds. The molecule has 21 heavy (non-hydrogen) atoms. The van der Waals surface area contributed by atoms with Crippen molar-refractivity contribution >= 4 is 0 Å². The van der Waals surface area contributed by atoms with Crippen LogP contribution in [-0.4, -0.2) is 13.2 Å².